The van der Waals surface area contributed by atoms with Crippen LogP contribution in [0.4, 0.5) is 10.1 Å². The quantitative estimate of drug-likeness (QED) is 0.916. The molecular formula is C12H9BrFNOS. The van der Waals surface area contributed by atoms with Gasteiger partial charge in [-0.15, -0.1) is 11.3 Å². The van der Waals surface area contributed by atoms with Crippen molar-refractivity contribution in [2.24, 2.45) is 0 Å². The monoisotopic (exact) mass is 313 g/mol. The smallest absolute Gasteiger partial charge is 0.229 e. The number of hydrogen-bond donors (Lipinski definition) is 1. The number of nitrogens with one attached hydrogen (secondary N) is 1. The highest BCUT2D eigenvalue weighted by Crippen LogP contribution is 2.22. The molecule has 0 fully saturated rings. The van der Waals surface area contributed by atoms with E-state index < -0.39 is 0 Å². The predicted octanol–water partition coefficient (Wildman–Crippen LogP) is 3.83. The Morgan fingerprint density at radius 1 is 1.35 bits per heavy atom. The Morgan fingerprint density at radius 2 is 2.18 bits per heavy atom. The Kier molecular flexibility index (Phi) is 3.91. The van der Waals surface area contributed by atoms with Gasteiger partial charge in [0.25, 0.3) is 0 Å². The Morgan fingerprint density at radius 3 is 2.82 bits per heavy atom. The highest BCUT2D eigenvalue weighted by atomic mass is 79.9. The lowest BCUT2D eigenvalue weighted by atomic mass is 10.3. The van der Waals surface area contributed by atoms with Crippen LogP contribution in [0.15, 0.2) is 40.2 Å². The zero-order valence-corrected chi connectivity index (χ0v) is 11.1. The average Bonchev–Trinajstić information content (AvgIpc) is 2.63. The van der Waals surface area contributed by atoms with Crippen LogP contribution in [0.5, 0.6) is 0 Å². The zero-order chi connectivity index (χ0) is 12.3. The van der Waals surface area contributed by atoms with Gasteiger partial charge in [-0.05, 0) is 46.3 Å². The van der Waals surface area contributed by atoms with Crippen molar-refractivity contribution in [1.29, 1.82) is 0 Å². The van der Waals surface area contributed by atoms with Crippen molar-refractivity contribution < 1.29 is 9.18 Å². The number of carbonyl (C=O) groups excluding carboxylic acids is 1. The van der Waals surface area contributed by atoms with E-state index in [4.69, 9.17) is 0 Å². The molecule has 0 aliphatic carbocycles. The normalized spacial score (nSPS) is 10.2. The first kappa shape index (κ1) is 12.3. The highest BCUT2D eigenvalue weighted by Gasteiger charge is 2.06. The number of hydrogen-bond acceptors (Lipinski definition) is 2. The van der Waals surface area contributed by atoms with Crippen LogP contribution < -0.4 is 5.32 Å². The Hall–Kier alpha value is -1.20. The van der Waals surface area contributed by atoms with Gasteiger partial charge in [0, 0.05) is 10.6 Å². The fraction of sp³-hybridized carbons (Fsp3) is 0.0833. The van der Waals surface area contributed by atoms with E-state index >= 15 is 0 Å². The molecule has 0 aliphatic rings. The summed E-state index contributed by atoms with van der Waals surface area (Å²) in [6.07, 6.45) is 0.298. The number of carbonyl (C=O) groups is 1. The summed E-state index contributed by atoms with van der Waals surface area (Å²) in [6, 6.07) is 9.64. The van der Waals surface area contributed by atoms with Crippen molar-refractivity contribution in [2.75, 3.05) is 5.32 Å². The summed E-state index contributed by atoms with van der Waals surface area (Å²) in [6.45, 7) is 0. The summed E-state index contributed by atoms with van der Waals surface area (Å²) in [5, 5.41) is 2.65. The van der Waals surface area contributed by atoms with Crippen molar-refractivity contribution in [3.05, 3.63) is 50.9 Å². The first-order valence-corrected chi connectivity index (χ1v) is 6.54. The molecule has 1 aromatic heterocycles. The molecule has 0 bridgehead atoms. The van der Waals surface area contributed by atoms with Gasteiger partial charge in [-0.3, -0.25) is 4.79 Å². The predicted molar refractivity (Wildman–Crippen MR) is 70.8 cm³/mol. The molecule has 88 valence electrons. The van der Waals surface area contributed by atoms with Crippen molar-refractivity contribution in [1.82, 2.24) is 0 Å². The minimum Gasteiger partial charge on any atom is -0.326 e. The van der Waals surface area contributed by atoms with Gasteiger partial charge in [-0.25, -0.2) is 4.39 Å². The molecule has 5 heteroatoms. The van der Waals surface area contributed by atoms with E-state index in [0.29, 0.717) is 12.1 Å². The molecule has 0 spiro atoms. The first-order valence-electron chi connectivity index (χ1n) is 4.93. The molecule has 0 atom stereocenters. The number of thiophene rings is 1. The van der Waals surface area contributed by atoms with E-state index in [2.05, 4.69) is 21.2 Å². The maximum Gasteiger partial charge on any atom is 0.229 e. The lowest BCUT2D eigenvalue weighted by Gasteiger charge is -2.03. The van der Waals surface area contributed by atoms with Crippen LogP contribution in [0.3, 0.4) is 0 Å². The average molecular weight is 314 g/mol. The summed E-state index contributed by atoms with van der Waals surface area (Å²) in [4.78, 5) is 12.6. The van der Waals surface area contributed by atoms with Crippen LogP contribution in [-0.4, -0.2) is 5.91 Å². The second kappa shape index (κ2) is 5.42. The van der Waals surface area contributed by atoms with Crippen LogP contribution in [0.25, 0.3) is 0 Å². The molecule has 1 aromatic carbocycles. The van der Waals surface area contributed by atoms with Gasteiger partial charge in [0.05, 0.1) is 10.2 Å². The minimum absolute atomic E-state index is 0.148. The van der Waals surface area contributed by atoms with Crippen LogP contribution in [0, 0.1) is 5.82 Å². The lowest BCUT2D eigenvalue weighted by Crippen LogP contribution is -2.13. The fourth-order valence-corrected chi connectivity index (χ4v) is 2.86. The first-order chi connectivity index (χ1) is 8.13. The maximum absolute atomic E-state index is 12.9. The van der Waals surface area contributed by atoms with Gasteiger partial charge >= 0.3 is 0 Å². The molecule has 0 saturated carbocycles. The topological polar surface area (TPSA) is 29.1 Å². The molecule has 1 heterocycles. The largest absolute Gasteiger partial charge is 0.326 e. The standard InChI is InChI=1S/C12H9BrFNOS/c13-11-5-4-10(17-11)7-12(16)15-9-3-1-2-8(14)6-9/h1-6H,7H2,(H,15,16). The third kappa shape index (κ3) is 3.64. The van der Waals surface area contributed by atoms with E-state index in [1.807, 2.05) is 12.1 Å². The van der Waals surface area contributed by atoms with Crippen LogP contribution in [0.2, 0.25) is 0 Å². The fourth-order valence-electron chi connectivity index (χ4n) is 1.38. The van der Waals surface area contributed by atoms with Crippen molar-refractivity contribution in [3.8, 4) is 0 Å². The Labute approximate surface area is 111 Å². The molecule has 17 heavy (non-hydrogen) atoms. The van der Waals surface area contributed by atoms with Crippen LogP contribution >= 0.6 is 27.3 Å². The van der Waals surface area contributed by atoms with Crippen molar-refractivity contribution in [3.63, 3.8) is 0 Å². The molecule has 1 N–H and O–H groups in total. The van der Waals surface area contributed by atoms with E-state index in [1.54, 1.807) is 12.1 Å². The molecule has 2 aromatic rings. The van der Waals surface area contributed by atoms with Gasteiger partial charge < -0.3 is 5.32 Å². The van der Waals surface area contributed by atoms with Crippen molar-refractivity contribution in [2.45, 2.75) is 6.42 Å². The summed E-state index contributed by atoms with van der Waals surface area (Å²) in [5.41, 5.74) is 0.477. The molecule has 0 radical (unpaired) electrons. The second-order valence-electron chi connectivity index (χ2n) is 3.44. The number of anilines is 1. The lowest BCUT2D eigenvalue weighted by molar-refractivity contribution is -0.115. The van der Waals surface area contributed by atoms with E-state index in [-0.39, 0.29) is 11.7 Å². The summed E-state index contributed by atoms with van der Waals surface area (Å²) < 4.78 is 13.9. The molecule has 0 saturated heterocycles. The summed E-state index contributed by atoms with van der Waals surface area (Å²) in [7, 11) is 0. The van der Waals surface area contributed by atoms with Gasteiger partial charge in [0.15, 0.2) is 0 Å². The molecule has 0 unspecified atom stereocenters. The molecule has 2 rings (SSSR count). The number of benzene rings is 1. The van der Waals surface area contributed by atoms with Crippen LogP contribution in [0.1, 0.15) is 4.88 Å². The highest BCUT2D eigenvalue weighted by molar-refractivity contribution is 9.11. The molecule has 0 aliphatic heterocycles. The molecule has 2 nitrogen and oxygen atoms in total. The van der Waals surface area contributed by atoms with Gasteiger partial charge in [0.1, 0.15) is 5.82 Å². The van der Waals surface area contributed by atoms with Gasteiger partial charge in [-0.1, -0.05) is 6.07 Å². The Bertz CT molecular complexity index is 541. The van der Waals surface area contributed by atoms with E-state index in [0.717, 1.165) is 8.66 Å². The molecule has 1 amide bonds. The minimum atomic E-state index is -0.360. The Balaban J connectivity index is 1.98. The number of amides is 1. The third-order valence-electron chi connectivity index (χ3n) is 2.07. The van der Waals surface area contributed by atoms with E-state index in [9.17, 15) is 9.18 Å². The summed E-state index contributed by atoms with van der Waals surface area (Å²) in [5.74, 6) is -0.508. The van der Waals surface area contributed by atoms with Gasteiger partial charge in [0.2, 0.25) is 5.91 Å². The second-order valence-corrected chi connectivity index (χ2v) is 5.99. The molecular weight excluding hydrogens is 305 g/mol. The number of halogens is 2. The van der Waals surface area contributed by atoms with Gasteiger partial charge in [-0.2, -0.15) is 0 Å². The van der Waals surface area contributed by atoms with Crippen molar-refractivity contribution >= 4 is 38.9 Å². The summed E-state index contributed by atoms with van der Waals surface area (Å²) >= 11 is 4.85. The van der Waals surface area contributed by atoms with E-state index in [1.165, 1.54) is 23.5 Å². The number of rotatable bonds is 3. The maximum atomic E-state index is 12.9. The zero-order valence-electron chi connectivity index (χ0n) is 8.74. The van der Waals surface area contributed by atoms with Crippen LogP contribution in [-0.2, 0) is 11.2 Å². The SMILES string of the molecule is O=C(Cc1ccc(Br)s1)Nc1cccc(F)c1. The third-order valence-corrected chi connectivity index (χ3v) is 3.70.